The van der Waals surface area contributed by atoms with E-state index in [-0.39, 0.29) is 0 Å². The smallest absolute Gasteiger partial charge is 0.142 e. The second kappa shape index (κ2) is 4.64. The zero-order valence-corrected chi connectivity index (χ0v) is 10.8. The van der Waals surface area contributed by atoms with Gasteiger partial charge in [-0.25, -0.2) is 0 Å². The number of fused-ring (bicyclic) bond motifs is 1. The van der Waals surface area contributed by atoms with Crippen molar-refractivity contribution in [2.45, 2.75) is 26.8 Å². The summed E-state index contributed by atoms with van der Waals surface area (Å²) in [7, 11) is 0. The molecule has 0 amide bonds. The van der Waals surface area contributed by atoms with Crippen LogP contribution in [-0.2, 0) is 0 Å². The van der Waals surface area contributed by atoms with E-state index in [1.54, 1.807) is 0 Å². The summed E-state index contributed by atoms with van der Waals surface area (Å²) in [5.41, 5.74) is 2.48. The van der Waals surface area contributed by atoms with E-state index in [1.165, 1.54) is 11.1 Å². The van der Waals surface area contributed by atoms with E-state index in [2.05, 4.69) is 32.2 Å². The molecule has 2 nitrogen and oxygen atoms in total. The van der Waals surface area contributed by atoms with Crippen molar-refractivity contribution in [1.82, 2.24) is 5.32 Å². The molecule has 1 aromatic carbocycles. The van der Waals surface area contributed by atoms with Crippen molar-refractivity contribution in [3.63, 3.8) is 0 Å². The Balaban J connectivity index is 2.49. The van der Waals surface area contributed by atoms with Gasteiger partial charge in [-0.3, -0.25) is 0 Å². The summed E-state index contributed by atoms with van der Waals surface area (Å²) in [6.07, 6.45) is 0. The van der Waals surface area contributed by atoms with E-state index in [0.29, 0.717) is 12.0 Å². The minimum Gasteiger partial charge on any atom is -0.491 e. The molecule has 1 aliphatic heterocycles. The number of aryl methyl sites for hydroxylation is 1. The van der Waals surface area contributed by atoms with Gasteiger partial charge in [-0.1, -0.05) is 31.5 Å². The summed E-state index contributed by atoms with van der Waals surface area (Å²) in [6.45, 7) is 8.13. The number of benzene rings is 1. The average Bonchev–Trinajstić information content (AvgIpc) is 2.27. The maximum absolute atomic E-state index is 6.17. The van der Waals surface area contributed by atoms with Crippen LogP contribution in [0.4, 0.5) is 0 Å². The molecule has 1 N–H and O–H groups in total. The first-order valence-electron chi connectivity index (χ1n) is 5.80. The molecule has 2 rings (SSSR count). The summed E-state index contributed by atoms with van der Waals surface area (Å²) >= 11 is 6.17. The monoisotopic (exact) mass is 239 g/mol. The highest BCUT2D eigenvalue weighted by atomic mass is 35.5. The molecule has 0 saturated carbocycles. The first-order chi connectivity index (χ1) is 7.65. The maximum Gasteiger partial charge on any atom is 0.142 e. The number of hydrogen-bond acceptors (Lipinski definition) is 2. The maximum atomic E-state index is 6.17. The Labute approximate surface area is 102 Å². The number of nitrogens with one attached hydrogen (secondary N) is 1. The minimum atomic E-state index is 0.354. The second-order valence-electron chi connectivity index (χ2n) is 4.43. The molecule has 2 atom stereocenters. The normalized spacial score (nSPS) is 23.8. The summed E-state index contributed by atoms with van der Waals surface area (Å²) in [5.74, 6) is 1.34. The molecule has 0 aromatic heterocycles. The van der Waals surface area contributed by atoms with Gasteiger partial charge in [0.05, 0.1) is 11.6 Å². The molecule has 3 heteroatoms. The summed E-state index contributed by atoms with van der Waals surface area (Å²) in [6, 6.07) is 4.33. The number of ether oxygens (including phenoxy) is 1. The van der Waals surface area contributed by atoms with E-state index in [4.69, 9.17) is 16.3 Å². The first-order valence-corrected chi connectivity index (χ1v) is 6.18. The standard InChI is InChI=1S/C13H18ClNO/c1-4-15-12-9(3)7-16-13-10(14)6-5-8(2)11(12)13/h5-6,9,12,15H,4,7H2,1-3H3. The van der Waals surface area contributed by atoms with Crippen LogP contribution in [0.5, 0.6) is 5.75 Å². The number of hydrogen-bond donors (Lipinski definition) is 1. The third-order valence-corrected chi connectivity index (χ3v) is 3.46. The Kier molecular flexibility index (Phi) is 3.41. The van der Waals surface area contributed by atoms with Crippen LogP contribution < -0.4 is 10.1 Å². The van der Waals surface area contributed by atoms with Crippen molar-refractivity contribution in [3.05, 3.63) is 28.3 Å². The van der Waals surface area contributed by atoms with Gasteiger partial charge in [0.1, 0.15) is 5.75 Å². The third-order valence-electron chi connectivity index (χ3n) is 3.16. The topological polar surface area (TPSA) is 21.3 Å². The molecule has 0 bridgehead atoms. The van der Waals surface area contributed by atoms with E-state index in [1.807, 2.05) is 6.07 Å². The molecular formula is C13H18ClNO. The van der Waals surface area contributed by atoms with Crippen LogP contribution in [-0.4, -0.2) is 13.2 Å². The van der Waals surface area contributed by atoms with Gasteiger partial charge in [0, 0.05) is 17.5 Å². The van der Waals surface area contributed by atoms with Crippen molar-refractivity contribution < 1.29 is 4.74 Å². The Morgan fingerprint density at radius 1 is 1.50 bits per heavy atom. The molecule has 0 spiro atoms. The van der Waals surface area contributed by atoms with Crippen molar-refractivity contribution >= 4 is 11.6 Å². The van der Waals surface area contributed by atoms with Gasteiger partial charge in [0.15, 0.2) is 0 Å². The fourth-order valence-electron chi connectivity index (χ4n) is 2.32. The molecule has 1 heterocycles. The van der Waals surface area contributed by atoms with Crippen LogP contribution in [0.3, 0.4) is 0 Å². The van der Waals surface area contributed by atoms with Crippen LogP contribution in [0.2, 0.25) is 5.02 Å². The van der Waals surface area contributed by atoms with Crippen molar-refractivity contribution in [1.29, 1.82) is 0 Å². The Hall–Kier alpha value is -0.730. The lowest BCUT2D eigenvalue weighted by molar-refractivity contribution is 0.189. The lowest BCUT2D eigenvalue weighted by Gasteiger charge is -2.33. The van der Waals surface area contributed by atoms with Gasteiger partial charge >= 0.3 is 0 Å². The molecule has 16 heavy (non-hydrogen) atoms. The van der Waals surface area contributed by atoms with Crippen molar-refractivity contribution in [2.75, 3.05) is 13.2 Å². The quantitative estimate of drug-likeness (QED) is 0.855. The highest BCUT2D eigenvalue weighted by Crippen LogP contribution is 2.41. The zero-order valence-electron chi connectivity index (χ0n) is 10.0. The molecule has 88 valence electrons. The van der Waals surface area contributed by atoms with Gasteiger partial charge in [0.25, 0.3) is 0 Å². The fraction of sp³-hybridized carbons (Fsp3) is 0.538. The predicted octanol–water partition coefficient (Wildman–Crippen LogP) is 3.33. The second-order valence-corrected chi connectivity index (χ2v) is 4.84. The SMILES string of the molecule is CCNC1c2c(C)ccc(Cl)c2OCC1C. The molecule has 0 saturated heterocycles. The van der Waals surface area contributed by atoms with Crippen LogP contribution >= 0.6 is 11.6 Å². The van der Waals surface area contributed by atoms with Crippen LogP contribution in [0, 0.1) is 12.8 Å². The highest BCUT2D eigenvalue weighted by molar-refractivity contribution is 6.32. The first kappa shape index (κ1) is 11.7. The van der Waals surface area contributed by atoms with Gasteiger partial charge in [0.2, 0.25) is 0 Å². The molecule has 0 radical (unpaired) electrons. The van der Waals surface area contributed by atoms with Crippen LogP contribution in [0.25, 0.3) is 0 Å². The summed E-state index contributed by atoms with van der Waals surface area (Å²) in [5, 5.41) is 4.24. The zero-order chi connectivity index (χ0) is 11.7. The average molecular weight is 240 g/mol. The largest absolute Gasteiger partial charge is 0.491 e. The summed E-state index contributed by atoms with van der Waals surface area (Å²) in [4.78, 5) is 0. The molecule has 0 aliphatic carbocycles. The number of halogens is 1. The summed E-state index contributed by atoms with van der Waals surface area (Å²) < 4.78 is 5.75. The van der Waals surface area contributed by atoms with Crippen molar-refractivity contribution in [2.24, 2.45) is 5.92 Å². The molecule has 1 aromatic rings. The molecule has 0 fully saturated rings. The van der Waals surface area contributed by atoms with E-state index in [0.717, 1.165) is 23.9 Å². The van der Waals surface area contributed by atoms with E-state index >= 15 is 0 Å². The van der Waals surface area contributed by atoms with E-state index in [9.17, 15) is 0 Å². The van der Waals surface area contributed by atoms with Crippen LogP contribution in [0.1, 0.15) is 31.0 Å². The van der Waals surface area contributed by atoms with Gasteiger partial charge in [-0.15, -0.1) is 0 Å². The molecular weight excluding hydrogens is 222 g/mol. The van der Waals surface area contributed by atoms with Crippen molar-refractivity contribution in [3.8, 4) is 5.75 Å². The third kappa shape index (κ3) is 1.92. The Bertz CT molecular complexity index is 392. The fourth-order valence-corrected chi connectivity index (χ4v) is 2.54. The number of rotatable bonds is 2. The van der Waals surface area contributed by atoms with E-state index < -0.39 is 0 Å². The highest BCUT2D eigenvalue weighted by Gasteiger charge is 2.30. The molecule has 2 unspecified atom stereocenters. The van der Waals surface area contributed by atoms with Gasteiger partial charge in [-0.2, -0.15) is 0 Å². The van der Waals surface area contributed by atoms with Gasteiger partial charge in [-0.05, 0) is 25.1 Å². The predicted molar refractivity (Wildman–Crippen MR) is 67.3 cm³/mol. The Morgan fingerprint density at radius 3 is 2.94 bits per heavy atom. The molecule has 1 aliphatic rings. The lowest BCUT2D eigenvalue weighted by atomic mass is 9.89. The van der Waals surface area contributed by atoms with Gasteiger partial charge < -0.3 is 10.1 Å². The minimum absolute atomic E-state index is 0.354. The van der Waals surface area contributed by atoms with Crippen LogP contribution in [0.15, 0.2) is 12.1 Å². The lowest BCUT2D eigenvalue weighted by Crippen LogP contribution is -2.34. The Morgan fingerprint density at radius 2 is 2.25 bits per heavy atom.